The van der Waals surface area contributed by atoms with Crippen LogP contribution in [0, 0.1) is 12.3 Å². The molecule has 2 rings (SSSR count). The first-order valence-corrected chi connectivity index (χ1v) is 6.76. The second-order valence-electron chi connectivity index (χ2n) is 5.23. The van der Waals surface area contributed by atoms with Crippen molar-refractivity contribution < 1.29 is 9.90 Å². The fourth-order valence-electron chi connectivity index (χ4n) is 2.31. The Balaban J connectivity index is 2.08. The zero-order valence-electron chi connectivity index (χ0n) is 10.6. The highest BCUT2D eigenvalue weighted by molar-refractivity contribution is 9.10. The van der Waals surface area contributed by atoms with Crippen LogP contribution in [0.15, 0.2) is 16.9 Å². The molecule has 1 saturated heterocycles. The minimum atomic E-state index is -0.700. The highest BCUT2D eigenvalue weighted by Crippen LogP contribution is 2.31. The van der Waals surface area contributed by atoms with E-state index in [1.165, 1.54) is 5.56 Å². The van der Waals surface area contributed by atoms with Gasteiger partial charge < -0.3 is 5.11 Å². The number of carboxylic acid groups (broad SMARTS) is 1. The van der Waals surface area contributed by atoms with Gasteiger partial charge in [-0.25, -0.2) is 0 Å². The maximum absolute atomic E-state index is 11.2. The Hall–Kier alpha value is -0.940. The van der Waals surface area contributed by atoms with Crippen LogP contribution in [0.2, 0.25) is 0 Å². The van der Waals surface area contributed by atoms with Gasteiger partial charge in [0.25, 0.3) is 0 Å². The molecule has 0 aliphatic carbocycles. The van der Waals surface area contributed by atoms with E-state index in [1.807, 2.05) is 20.0 Å². The SMILES string of the molecule is Cc1c(Br)cncc1CN1CCC(C)(C(=O)O)C1. The Morgan fingerprint density at radius 2 is 2.33 bits per heavy atom. The molecule has 1 aromatic heterocycles. The Labute approximate surface area is 115 Å². The lowest BCUT2D eigenvalue weighted by Crippen LogP contribution is -2.31. The Kier molecular flexibility index (Phi) is 3.73. The van der Waals surface area contributed by atoms with Crippen molar-refractivity contribution in [2.75, 3.05) is 13.1 Å². The number of carboxylic acids is 1. The summed E-state index contributed by atoms with van der Waals surface area (Å²) in [5.41, 5.74) is 1.72. The van der Waals surface area contributed by atoms with Gasteiger partial charge in [0.2, 0.25) is 0 Å². The van der Waals surface area contributed by atoms with Gasteiger partial charge in [-0.15, -0.1) is 0 Å². The van der Waals surface area contributed by atoms with E-state index < -0.39 is 11.4 Å². The molecule has 0 amide bonds. The summed E-state index contributed by atoms with van der Waals surface area (Å²) in [6, 6.07) is 0. The number of halogens is 1. The molecular formula is C13H17BrN2O2. The predicted molar refractivity (Wildman–Crippen MR) is 72.3 cm³/mol. The molecule has 18 heavy (non-hydrogen) atoms. The highest BCUT2D eigenvalue weighted by atomic mass is 79.9. The Morgan fingerprint density at radius 3 is 2.94 bits per heavy atom. The largest absolute Gasteiger partial charge is 0.481 e. The Morgan fingerprint density at radius 1 is 1.61 bits per heavy atom. The van der Waals surface area contributed by atoms with Crippen molar-refractivity contribution in [3.8, 4) is 0 Å². The second kappa shape index (κ2) is 4.97. The number of hydrogen-bond donors (Lipinski definition) is 1. The van der Waals surface area contributed by atoms with Crippen molar-refractivity contribution in [1.29, 1.82) is 0 Å². The Bertz CT molecular complexity index is 478. The molecule has 1 unspecified atom stereocenters. The lowest BCUT2D eigenvalue weighted by atomic mass is 9.90. The molecule has 1 atom stereocenters. The molecule has 5 heteroatoms. The zero-order chi connectivity index (χ0) is 13.3. The van der Waals surface area contributed by atoms with Crippen LogP contribution in [0.3, 0.4) is 0 Å². The molecule has 2 heterocycles. The summed E-state index contributed by atoms with van der Waals surface area (Å²) >= 11 is 3.47. The van der Waals surface area contributed by atoms with Gasteiger partial charge in [-0.1, -0.05) is 0 Å². The third-order valence-corrected chi connectivity index (χ3v) is 4.52. The van der Waals surface area contributed by atoms with E-state index >= 15 is 0 Å². The number of likely N-dealkylation sites (tertiary alicyclic amines) is 1. The summed E-state index contributed by atoms with van der Waals surface area (Å²) in [6.07, 6.45) is 4.35. The van der Waals surface area contributed by atoms with Gasteiger partial charge in [0.15, 0.2) is 0 Å². The number of pyridine rings is 1. The highest BCUT2D eigenvalue weighted by Gasteiger charge is 2.40. The van der Waals surface area contributed by atoms with Gasteiger partial charge in [0, 0.05) is 30.0 Å². The van der Waals surface area contributed by atoms with Gasteiger partial charge in [0.1, 0.15) is 0 Å². The lowest BCUT2D eigenvalue weighted by molar-refractivity contribution is -0.147. The second-order valence-corrected chi connectivity index (χ2v) is 6.09. The number of aliphatic carboxylic acids is 1. The van der Waals surface area contributed by atoms with Crippen molar-refractivity contribution in [1.82, 2.24) is 9.88 Å². The average molecular weight is 313 g/mol. The number of nitrogens with zero attached hydrogens (tertiary/aromatic N) is 2. The maximum Gasteiger partial charge on any atom is 0.310 e. The van der Waals surface area contributed by atoms with Crippen LogP contribution in [0.25, 0.3) is 0 Å². The summed E-state index contributed by atoms with van der Waals surface area (Å²) in [5.74, 6) is -0.700. The van der Waals surface area contributed by atoms with Gasteiger partial charge in [-0.3, -0.25) is 14.7 Å². The third-order valence-electron chi connectivity index (χ3n) is 3.72. The number of hydrogen-bond acceptors (Lipinski definition) is 3. The molecule has 1 N–H and O–H groups in total. The average Bonchev–Trinajstić information content (AvgIpc) is 2.68. The normalized spacial score (nSPS) is 24.4. The zero-order valence-corrected chi connectivity index (χ0v) is 12.2. The van der Waals surface area contributed by atoms with E-state index in [1.54, 1.807) is 6.20 Å². The summed E-state index contributed by atoms with van der Waals surface area (Å²) in [7, 11) is 0. The van der Waals surface area contributed by atoms with Crippen LogP contribution in [-0.2, 0) is 11.3 Å². The fraction of sp³-hybridized carbons (Fsp3) is 0.538. The monoisotopic (exact) mass is 312 g/mol. The van der Waals surface area contributed by atoms with E-state index in [0.29, 0.717) is 13.0 Å². The smallest absolute Gasteiger partial charge is 0.310 e. The van der Waals surface area contributed by atoms with Crippen LogP contribution in [0.5, 0.6) is 0 Å². The van der Waals surface area contributed by atoms with Crippen LogP contribution in [-0.4, -0.2) is 34.0 Å². The summed E-state index contributed by atoms with van der Waals surface area (Å²) in [5, 5.41) is 9.21. The van der Waals surface area contributed by atoms with E-state index in [9.17, 15) is 9.90 Å². The lowest BCUT2D eigenvalue weighted by Gasteiger charge is -2.20. The fourth-order valence-corrected chi connectivity index (χ4v) is 2.68. The number of aromatic nitrogens is 1. The van der Waals surface area contributed by atoms with E-state index in [2.05, 4.69) is 25.8 Å². The molecule has 0 bridgehead atoms. The molecule has 0 aromatic carbocycles. The van der Waals surface area contributed by atoms with Crippen LogP contribution >= 0.6 is 15.9 Å². The molecule has 1 aromatic rings. The van der Waals surface area contributed by atoms with Crippen molar-refractivity contribution in [3.63, 3.8) is 0 Å². The molecule has 1 fully saturated rings. The molecule has 98 valence electrons. The minimum absolute atomic E-state index is 0.604. The number of rotatable bonds is 3. The molecule has 0 saturated carbocycles. The molecule has 1 aliphatic rings. The van der Waals surface area contributed by atoms with Crippen molar-refractivity contribution >= 4 is 21.9 Å². The van der Waals surface area contributed by atoms with Gasteiger partial charge in [0.05, 0.1) is 5.41 Å². The van der Waals surface area contributed by atoms with Gasteiger partial charge >= 0.3 is 5.97 Å². The van der Waals surface area contributed by atoms with Gasteiger partial charge in [-0.2, -0.15) is 0 Å². The first-order chi connectivity index (χ1) is 8.42. The van der Waals surface area contributed by atoms with Crippen molar-refractivity contribution in [2.24, 2.45) is 5.41 Å². The van der Waals surface area contributed by atoms with Crippen molar-refractivity contribution in [3.05, 3.63) is 28.0 Å². The van der Waals surface area contributed by atoms with Crippen molar-refractivity contribution in [2.45, 2.75) is 26.8 Å². The minimum Gasteiger partial charge on any atom is -0.481 e. The third kappa shape index (κ3) is 2.57. The molecule has 1 aliphatic heterocycles. The van der Waals surface area contributed by atoms with E-state index in [4.69, 9.17) is 0 Å². The summed E-state index contributed by atoms with van der Waals surface area (Å²) in [6.45, 7) is 6.07. The van der Waals surface area contributed by atoms with Crippen LogP contribution < -0.4 is 0 Å². The van der Waals surface area contributed by atoms with Crippen LogP contribution in [0.4, 0.5) is 0 Å². The first-order valence-electron chi connectivity index (χ1n) is 5.97. The molecule has 0 spiro atoms. The van der Waals surface area contributed by atoms with Crippen LogP contribution in [0.1, 0.15) is 24.5 Å². The summed E-state index contributed by atoms with van der Waals surface area (Å²) in [4.78, 5) is 17.5. The molecule has 4 nitrogen and oxygen atoms in total. The molecular weight excluding hydrogens is 296 g/mol. The standard InChI is InChI=1S/C13H17BrN2O2/c1-9-10(5-15-6-11(9)14)7-16-4-3-13(2,8-16)12(17)18/h5-6H,3-4,7-8H2,1-2H3,(H,17,18). The van der Waals surface area contributed by atoms with E-state index in [0.717, 1.165) is 23.1 Å². The van der Waals surface area contributed by atoms with E-state index in [-0.39, 0.29) is 0 Å². The predicted octanol–water partition coefficient (Wildman–Crippen LogP) is 2.45. The summed E-state index contributed by atoms with van der Waals surface area (Å²) < 4.78 is 1.00. The molecule has 0 radical (unpaired) electrons. The maximum atomic E-state index is 11.2. The first kappa shape index (κ1) is 13.5. The number of carbonyl (C=O) groups is 1. The van der Waals surface area contributed by atoms with Gasteiger partial charge in [-0.05, 0) is 53.9 Å². The quantitative estimate of drug-likeness (QED) is 0.931. The topological polar surface area (TPSA) is 53.4 Å².